The summed E-state index contributed by atoms with van der Waals surface area (Å²) < 4.78 is 17.7. The molecule has 5 heteroatoms. The van der Waals surface area contributed by atoms with Gasteiger partial charge in [-0.2, -0.15) is 4.48 Å². The summed E-state index contributed by atoms with van der Waals surface area (Å²) in [6.07, 6.45) is 0.945. The minimum absolute atomic E-state index is 0.0945. The number of carbonyl (C=O) groups is 1. The van der Waals surface area contributed by atoms with Crippen molar-refractivity contribution in [2.75, 3.05) is 13.4 Å². The van der Waals surface area contributed by atoms with Crippen LogP contribution in [-0.4, -0.2) is 19.3 Å². The number of carbonyl (C=O) groups excluding carboxylic acids is 1. The van der Waals surface area contributed by atoms with Crippen LogP contribution in [0.3, 0.4) is 0 Å². The fraction of sp³-hybridized carbons (Fsp3) is 0.219. The molecule has 0 saturated carbocycles. The summed E-state index contributed by atoms with van der Waals surface area (Å²) in [5, 5.41) is 0. The molecule has 0 aromatic heterocycles. The number of hydrogen-bond acceptors (Lipinski definition) is 4. The number of nitrogens with zero attached hydrogens (tertiary/aromatic N) is 1. The molecule has 37 heavy (non-hydrogen) atoms. The maximum absolute atomic E-state index is 15.2. The second kappa shape index (κ2) is 7.95. The van der Waals surface area contributed by atoms with Crippen LogP contribution in [0, 0.1) is 6.92 Å². The van der Waals surface area contributed by atoms with E-state index in [9.17, 15) is 0 Å². The minimum Gasteiger partial charge on any atom is -0.491 e. The third-order valence-electron chi connectivity index (χ3n) is 8.15. The van der Waals surface area contributed by atoms with Gasteiger partial charge in [-0.25, -0.2) is 4.79 Å². The van der Waals surface area contributed by atoms with E-state index >= 15 is 4.79 Å². The van der Waals surface area contributed by atoms with Gasteiger partial charge in [0.1, 0.15) is 24.6 Å². The van der Waals surface area contributed by atoms with E-state index in [4.69, 9.17) is 14.2 Å². The summed E-state index contributed by atoms with van der Waals surface area (Å²) in [6.45, 7) is 5.18. The van der Waals surface area contributed by atoms with E-state index in [0.717, 1.165) is 34.5 Å². The highest BCUT2D eigenvalue weighted by Crippen LogP contribution is 2.60. The van der Waals surface area contributed by atoms with Crippen molar-refractivity contribution in [3.8, 4) is 17.2 Å². The van der Waals surface area contributed by atoms with Crippen LogP contribution < -0.4 is 18.7 Å². The Morgan fingerprint density at radius 1 is 0.784 bits per heavy atom. The molecule has 3 heterocycles. The maximum Gasteiger partial charge on any atom is 0.343 e. The maximum atomic E-state index is 15.2. The van der Waals surface area contributed by atoms with Gasteiger partial charge in [0.2, 0.25) is 6.79 Å². The highest BCUT2D eigenvalue weighted by molar-refractivity contribution is 6.11. The van der Waals surface area contributed by atoms with E-state index in [2.05, 4.69) is 74.5 Å². The second-order valence-electron chi connectivity index (χ2n) is 10.2. The highest BCUT2D eigenvalue weighted by atomic mass is 16.7. The number of para-hydroxylation sites is 1. The van der Waals surface area contributed by atoms with Crippen LogP contribution >= 0.6 is 0 Å². The van der Waals surface area contributed by atoms with Crippen LogP contribution in [0.2, 0.25) is 0 Å². The lowest BCUT2D eigenvalue weighted by Crippen LogP contribution is -2.53. The van der Waals surface area contributed by atoms with E-state index in [1.807, 2.05) is 24.3 Å². The summed E-state index contributed by atoms with van der Waals surface area (Å²) in [5.74, 6) is 2.09. The molecule has 4 aromatic carbocycles. The lowest BCUT2D eigenvalue weighted by Gasteiger charge is -2.33. The topological polar surface area (TPSA) is 44.8 Å². The lowest BCUT2D eigenvalue weighted by molar-refractivity contribution is -0.131. The molecule has 0 saturated heterocycles. The minimum atomic E-state index is -0.944. The first-order chi connectivity index (χ1) is 18.1. The molecule has 0 fully saturated rings. The fourth-order valence-electron chi connectivity index (χ4n) is 6.33. The van der Waals surface area contributed by atoms with Crippen LogP contribution in [0.5, 0.6) is 17.2 Å². The Morgan fingerprint density at radius 3 is 2.35 bits per heavy atom. The zero-order valence-corrected chi connectivity index (χ0v) is 21.0. The zero-order chi connectivity index (χ0) is 25.2. The average molecular weight is 491 g/mol. The van der Waals surface area contributed by atoms with E-state index < -0.39 is 5.41 Å². The quantitative estimate of drug-likeness (QED) is 0.313. The van der Waals surface area contributed by atoms with Gasteiger partial charge in [-0.15, -0.1) is 0 Å². The molecule has 3 aliphatic rings. The molecule has 1 amide bonds. The Balaban J connectivity index is 1.50. The van der Waals surface area contributed by atoms with Gasteiger partial charge in [0, 0.05) is 41.0 Å². The second-order valence-corrected chi connectivity index (χ2v) is 10.2. The Hall–Kier alpha value is -4.09. The predicted octanol–water partition coefficient (Wildman–Crippen LogP) is 6.34. The largest absolute Gasteiger partial charge is 0.491 e. The highest BCUT2D eigenvalue weighted by Gasteiger charge is 2.67. The first-order valence-electron chi connectivity index (χ1n) is 12.8. The SMILES string of the molecule is CCc1ccc([N+]2(Cc3cccc(C)c3)C(=O)C3(COc4cc5c(cc43)OCO5)c3ccccc32)cc1. The van der Waals surface area contributed by atoms with Crippen molar-refractivity contribution in [3.05, 3.63) is 113 Å². The molecule has 2 atom stereocenters. The molecule has 1 spiro atoms. The van der Waals surface area contributed by atoms with Crippen LogP contribution in [0.15, 0.2) is 84.9 Å². The van der Waals surface area contributed by atoms with Gasteiger partial charge in [-0.3, -0.25) is 0 Å². The molecular formula is C32H28NO4+. The van der Waals surface area contributed by atoms with Crippen LogP contribution in [-0.2, 0) is 23.2 Å². The molecule has 7 rings (SSSR count). The third kappa shape index (κ3) is 2.98. The molecule has 0 aliphatic carbocycles. The molecule has 5 nitrogen and oxygen atoms in total. The smallest absolute Gasteiger partial charge is 0.343 e. The molecule has 184 valence electrons. The number of quaternary nitrogens is 1. The fourth-order valence-corrected chi connectivity index (χ4v) is 6.33. The van der Waals surface area contributed by atoms with Crippen molar-refractivity contribution in [2.45, 2.75) is 32.2 Å². The molecule has 0 bridgehead atoms. The lowest BCUT2D eigenvalue weighted by atomic mass is 9.77. The van der Waals surface area contributed by atoms with Crippen LogP contribution in [0.25, 0.3) is 0 Å². The Kier molecular flexibility index (Phi) is 4.76. The van der Waals surface area contributed by atoms with Crippen molar-refractivity contribution >= 4 is 17.3 Å². The standard InChI is InChI=1S/C32H28NO4/c1-3-22-11-13-24(14-12-22)33(18-23-8-6-7-21(2)15-23)27-10-5-4-9-25(27)32(31(33)34)19-35-28-17-30-29(16-26(28)32)36-20-37-30/h4-17H,3,18-20H2,1-2H3/q+1. The summed E-state index contributed by atoms with van der Waals surface area (Å²) in [5.41, 5.74) is 6.39. The van der Waals surface area contributed by atoms with E-state index in [1.165, 1.54) is 11.1 Å². The number of amides is 1. The number of aryl methyl sites for hydroxylation is 2. The van der Waals surface area contributed by atoms with Gasteiger partial charge in [-0.05, 0) is 25.0 Å². The van der Waals surface area contributed by atoms with Gasteiger partial charge in [0.05, 0.1) is 0 Å². The number of hydrogen-bond donors (Lipinski definition) is 0. The van der Waals surface area contributed by atoms with Gasteiger partial charge in [-0.1, -0.05) is 67.1 Å². The van der Waals surface area contributed by atoms with Crippen molar-refractivity contribution in [2.24, 2.45) is 0 Å². The first kappa shape index (κ1) is 22.1. The van der Waals surface area contributed by atoms with Crippen LogP contribution in [0.1, 0.15) is 34.7 Å². The number of ether oxygens (including phenoxy) is 3. The number of fused-ring (bicyclic) bond motifs is 5. The number of rotatable bonds is 4. The van der Waals surface area contributed by atoms with E-state index in [1.54, 1.807) is 0 Å². The third-order valence-corrected chi connectivity index (χ3v) is 8.15. The predicted molar refractivity (Wildman–Crippen MR) is 142 cm³/mol. The van der Waals surface area contributed by atoms with E-state index in [-0.39, 0.29) is 23.8 Å². The Labute approximate surface area is 216 Å². The average Bonchev–Trinajstić information content (AvgIpc) is 3.59. The van der Waals surface area contributed by atoms with Gasteiger partial charge in [0.15, 0.2) is 22.6 Å². The van der Waals surface area contributed by atoms with Crippen molar-refractivity contribution in [1.82, 2.24) is 4.48 Å². The molecule has 4 aromatic rings. The van der Waals surface area contributed by atoms with Crippen molar-refractivity contribution in [1.29, 1.82) is 0 Å². The molecule has 0 N–H and O–H groups in total. The van der Waals surface area contributed by atoms with Gasteiger partial charge < -0.3 is 14.2 Å². The van der Waals surface area contributed by atoms with Crippen molar-refractivity contribution < 1.29 is 19.0 Å². The normalized spacial score (nSPS) is 22.7. The summed E-state index contributed by atoms with van der Waals surface area (Å²) in [7, 11) is 0. The first-order valence-corrected chi connectivity index (χ1v) is 12.8. The van der Waals surface area contributed by atoms with E-state index in [0.29, 0.717) is 23.8 Å². The Bertz CT molecular complexity index is 1560. The molecular weight excluding hydrogens is 462 g/mol. The summed E-state index contributed by atoms with van der Waals surface area (Å²) >= 11 is 0. The van der Waals surface area contributed by atoms with Crippen LogP contribution in [0.4, 0.5) is 11.4 Å². The summed E-state index contributed by atoms with van der Waals surface area (Å²) in [6, 6.07) is 29.1. The van der Waals surface area contributed by atoms with Crippen molar-refractivity contribution in [3.63, 3.8) is 0 Å². The molecule has 0 radical (unpaired) electrons. The van der Waals surface area contributed by atoms with Gasteiger partial charge in [0.25, 0.3) is 0 Å². The zero-order valence-electron chi connectivity index (χ0n) is 21.0. The summed E-state index contributed by atoms with van der Waals surface area (Å²) in [4.78, 5) is 15.2. The number of benzene rings is 4. The monoisotopic (exact) mass is 490 g/mol. The Morgan fingerprint density at radius 2 is 1.57 bits per heavy atom. The molecule has 3 aliphatic heterocycles. The van der Waals surface area contributed by atoms with Gasteiger partial charge >= 0.3 is 5.91 Å². The molecule has 2 unspecified atom stereocenters.